The van der Waals surface area contributed by atoms with Gasteiger partial charge >= 0.3 is 0 Å². The third-order valence-corrected chi connectivity index (χ3v) is 3.37. The van der Waals surface area contributed by atoms with Crippen molar-refractivity contribution in [2.24, 2.45) is 11.7 Å². The van der Waals surface area contributed by atoms with Gasteiger partial charge in [-0.25, -0.2) is 9.97 Å². The molecule has 0 spiro atoms. The molecule has 98 valence electrons. The summed E-state index contributed by atoms with van der Waals surface area (Å²) in [6.45, 7) is 0.211. The Kier molecular flexibility index (Phi) is 2.56. The van der Waals surface area contributed by atoms with Crippen LogP contribution in [0, 0.1) is 10.6 Å². The van der Waals surface area contributed by atoms with Gasteiger partial charge in [-0.15, -0.1) is 0 Å². The Morgan fingerprint density at radius 3 is 3.05 bits per heavy atom. The van der Waals surface area contributed by atoms with E-state index in [4.69, 9.17) is 18.0 Å². The number of nitrogens with two attached hydrogens (primary N) is 1. The van der Waals surface area contributed by atoms with Gasteiger partial charge in [0.1, 0.15) is 5.52 Å². The molecule has 2 aromatic heterocycles. The van der Waals surface area contributed by atoms with Gasteiger partial charge in [0.15, 0.2) is 10.3 Å². The molecule has 1 fully saturated rings. The number of H-pyrrole nitrogens is 2. The van der Waals surface area contributed by atoms with Gasteiger partial charge in [-0.3, -0.25) is 14.5 Å². The summed E-state index contributed by atoms with van der Waals surface area (Å²) in [5.41, 5.74) is 6.34. The third kappa shape index (κ3) is 1.87. The number of carbonyl (C=O) groups excluding carboxylic acids is 2. The van der Waals surface area contributed by atoms with E-state index in [0.29, 0.717) is 21.8 Å². The quantitative estimate of drug-likeness (QED) is 0.660. The first-order valence-electron chi connectivity index (χ1n) is 5.59. The number of fused-ring (bicyclic) bond motifs is 1. The average molecular weight is 278 g/mol. The molecule has 8 nitrogen and oxygen atoms in total. The van der Waals surface area contributed by atoms with Gasteiger partial charge in [-0.2, -0.15) is 0 Å². The number of primary amides is 1. The van der Waals surface area contributed by atoms with Gasteiger partial charge in [0, 0.05) is 13.0 Å². The fourth-order valence-electron chi connectivity index (χ4n) is 2.07. The molecule has 19 heavy (non-hydrogen) atoms. The lowest BCUT2D eigenvalue weighted by Gasteiger charge is -2.14. The predicted molar refractivity (Wildman–Crippen MR) is 68.7 cm³/mol. The summed E-state index contributed by atoms with van der Waals surface area (Å²) < 4.78 is 0.316. The molecule has 1 saturated heterocycles. The summed E-state index contributed by atoms with van der Waals surface area (Å²) in [4.78, 5) is 38.3. The van der Waals surface area contributed by atoms with Crippen molar-refractivity contribution in [3.8, 4) is 0 Å². The summed E-state index contributed by atoms with van der Waals surface area (Å²) >= 11 is 5.12. The van der Waals surface area contributed by atoms with Crippen LogP contribution < -0.4 is 10.6 Å². The fourth-order valence-corrected chi connectivity index (χ4v) is 2.31. The van der Waals surface area contributed by atoms with Crippen LogP contribution in [0.2, 0.25) is 0 Å². The number of hydrogen-bond acceptors (Lipinski definition) is 5. The van der Waals surface area contributed by atoms with Gasteiger partial charge in [0.25, 0.3) is 0 Å². The SMILES string of the molecule is NC(=O)C1CC(=O)N(c2nc(=S)c3[nH]cnc3[nH]2)C1. The molecule has 2 amide bonds. The van der Waals surface area contributed by atoms with Crippen LogP contribution in [-0.2, 0) is 9.59 Å². The van der Waals surface area contributed by atoms with Gasteiger partial charge in [0.05, 0.1) is 12.2 Å². The maximum atomic E-state index is 11.9. The number of anilines is 1. The Balaban J connectivity index is 2.03. The summed E-state index contributed by atoms with van der Waals surface area (Å²) in [7, 11) is 0. The molecule has 3 heterocycles. The lowest BCUT2D eigenvalue weighted by molar-refractivity contribution is -0.123. The lowest BCUT2D eigenvalue weighted by Crippen LogP contribution is -2.29. The number of nitrogens with one attached hydrogen (secondary N) is 2. The minimum Gasteiger partial charge on any atom is -0.369 e. The molecule has 0 radical (unpaired) electrons. The molecule has 2 aromatic rings. The Labute approximate surface area is 112 Å². The van der Waals surface area contributed by atoms with E-state index in [1.54, 1.807) is 0 Å². The van der Waals surface area contributed by atoms with Crippen molar-refractivity contribution < 1.29 is 9.59 Å². The van der Waals surface area contributed by atoms with Gasteiger partial charge in [0.2, 0.25) is 17.8 Å². The first-order chi connectivity index (χ1) is 9.06. The Morgan fingerprint density at radius 1 is 1.58 bits per heavy atom. The first-order valence-corrected chi connectivity index (χ1v) is 6.00. The van der Waals surface area contributed by atoms with E-state index < -0.39 is 11.8 Å². The highest BCUT2D eigenvalue weighted by Gasteiger charge is 2.35. The van der Waals surface area contributed by atoms with Crippen LogP contribution in [0.1, 0.15) is 6.42 Å². The Morgan fingerprint density at radius 2 is 2.37 bits per heavy atom. The van der Waals surface area contributed by atoms with Crippen molar-refractivity contribution in [1.82, 2.24) is 19.9 Å². The minimum atomic E-state index is -0.494. The maximum Gasteiger partial charge on any atom is 0.230 e. The third-order valence-electron chi connectivity index (χ3n) is 3.07. The number of imidazole rings is 1. The molecule has 0 aromatic carbocycles. The highest BCUT2D eigenvalue weighted by atomic mass is 32.1. The standard InChI is InChI=1S/C10H10N6O2S/c11-7(18)4-1-5(17)16(2-4)10-14-8-6(9(19)15-10)12-3-13-8/h3-4H,1-2H2,(H2,11,18)(H2,12,13,14,15,19). The molecule has 1 unspecified atom stereocenters. The second kappa shape index (κ2) is 4.12. The van der Waals surface area contributed by atoms with Crippen LogP contribution in [-0.4, -0.2) is 38.3 Å². The van der Waals surface area contributed by atoms with Gasteiger partial charge < -0.3 is 15.7 Å². The zero-order valence-electron chi connectivity index (χ0n) is 9.71. The van der Waals surface area contributed by atoms with Crippen molar-refractivity contribution in [2.75, 3.05) is 11.4 Å². The topological polar surface area (TPSA) is 121 Å². The van der Waals surface area contributed by atoms with Crippen molar-refractivity contribution in [2.45, 2.75) is 6.42 Å². The summed E-state index contributed by atoms with van der Waals surface area (Å²) in [5.74, 6) is -0.906. The van der Waals surface area contributed by atoms with Gasteiger partial charge in [-0.05, 0) is 0 Å². The zero-order chi connectivity index (χ0) is 13.6. The van der Waals surface area contributed by atoms with Crippen molar-refractivity contribution in [3.63, 3.8) is 0 Å². The smallest absolute Gasteiger partial charge is 0.230 e. The van der Waals surface area contributed by atoms with Crippen molar-refractivity contribution >= 4 is 41.1 Å². The highest BCUT2D eigenvalue weighted by molar-refractivity contribution is 7.71. The predicted octanol–water partition coefficient (Wildman–Crippen LogP) is -0.146. The Bertz CT molecular complexity index is 735. The normalized spacial score (nSPS) is 19.3. The van der Waals surface area contributed by atoms with E-state index >= 15 is 0 Å². The second-order valence-electron chi connectivity index (χ2n) is 4.30. The first kappa shape index (κ1) is 11.8. The molecule has 9 heteroatoms. The molecule has 1 atom stereocenters. The maximum absolute atomic E-state index is 11.9. The van der Waals surface area contributed by atoms with E-state index in [9.17, 15) is 9.59 Å². The average Bonchev–Trinajstić information content (AvgIpc) is 2.95. The number of carbonyl (C=O) groups is 2. The van der Waals surface area contributed by atoms with Crippen LogP contribution in [0.5, 0.6) is 0 Å². The number of rotatable bonds is 2. The number of aromatic nitrogens is 4. The number of aromatic amines is 2. The molecule has 0 bridgehead atoms. The fraction of sp³-hybridized carbons (Fsp3) is 0.300. The molecule has 0 saturated carbocycles. The number of hydrogen-bond donors (Lipinski definition) is 3. The van der Waals surface area contributed by atoms with E-state index in [1.807, 2.05) is 0 Å². The molecule has 0 aliphatic carbocycles. The molecule has 1 aliphatic heterocycles. The van der Waals surface area contributed by atoms with Crippen LogP contribution in [0.25, 0.3) is 11.2 Å². The molecule has 3 rings (SSSR count). The Hall–Kier alpha value is -2.29. The van der Waals surface area contributed by atoms with E-state index in [1.165, 1.54) is 11.2 Å². The molecule has 4 N–H and O–H groups in total. The van der Waals surface area contributed by atoms with E-state index in [-0.39, 0.29) is 18.9 Å². The van der Waals surface area contributed by atoms with Crippen LogP contribution in [0.3, 0.4) is 0 Å². The molecular weight excluding hydrogens is 268 g/mol. The summed E-state index contributed by atoms with van der Waals surface area (Å²) in [5, 5.41) is 0. The van der Waals surface area contributed by atoms with Crippen LogP contribution in [0.4, 0.5) is 5.95 Å². The molecule has 1 aliphatic rings. The van der Waals surface area contributed by atoms with Gasteiger partial charge in [-0.1, -0.05) is 12.2 Å². The van der Waals surface area contributed by atoms with Crippen molar-refractivity contribution in [1.29, 1.82) is 0 Å². The number of amides is 2. The minimum absolute atomic E-state index is 0.0935. The summed E-state index contributed by atoms with van der Waals surface area (Å²) in [6.07, 6.45) is 1.58. The lowest BCUT2D eigenvalue weighted by atomic mass is 10.1. The van der Waals surface area contributed by atoms with E-state index in [0.717, 1.165) is 0 Å². The summed E-state index contributed by atoms with van der Waals surface area (Å²) in [6, 6.07) is 0. The largest absolute Gasteiger partial charge is 0.369 e. The molecular formula is C10H10N6O2S. The van der Waals surface area contributed by atoms with Crippen molar-refractivity contribution in [3.05, 3.63) is 11.0 Å². The van der Waals surface area contributed by atoms with Crippen LogP contribution in [0.15, 0.2) is 6.33 Å². The second-order valence-corrected chi connectivity index (χ2v) is 4.69. The van der Waals surface area contributed by atoms with Crippen LogP contribution >= 0.6 is 12.2 Å². The number of nitrogens with zero attached hydrogens (tertiary/aromatic N) is 3. The zero-order valence-corrected chi connectivity index (χ0v) is 10.5. The van der Waals surface area contributed by atoms with E-state index in [2.05, 4.69) is 19.9 Å². The monoisotopic (exact) mass is 278 g/mol. The highest BCUT2D eigenvalue weighted by Crippen LogP contribution is 2.23.